The number of carbonyl (C=O) groups excluding carboxylic acids is 1. The quantitative estimate of drug-likeness (QED) is 0.800. The molecule has 0 amide bonds. The van der Waals surface area contributed by atoms with Gasteiger partial charge < -0.3 is 19.8 Å². The van der Waals surface area contributed by atoms with Gasteiger partial charge >= 0.3 is 5.97 Å². The van der Waals surface area contributed by atoms with Gasteiger partial charge in [-0.2, -0.15) is 0 Å². The highest BCUT2D eigenvalue weighted by Gasteiger charge is 2.38. The average molecular weight is 392 g/mol. The Kier molecular flexibility index (Phi) is 4.90. The third-order valence-electron chi connectivity index (χ3n) is 5.55. The predicted octanol–water partition coefficient (Wildman–Crippen LogP) is 1.66. The molecule has 7 nitrogen and oxygen atoms in total. The van der Waals surface area contributed by atoms with Gasteiger partial charge in [-0.15, -0.1) is 0 Å². The van der Waals surface area contributed by atoms with Gasteiger partial charge in [0.1, 0.15) is 17.7 Å². The summed E-state index contributed by atoms with van der Waals surface area (Å²) in [5.41, 5.74) is 8.19. The number of aromatic nitrogens is 2. The van der Waals surface area contributed by atoms with Crippen molar-refractivity contribution < 1.29 is 23.0 Å². The van der Waals surface area contributed by atoms with Crippen LogP contribution in [-0.2, 0) is 29.6 Å². The van der Waals surface area contributed by atoms with E-state index in [1.165, 1.54) is 7.11 Å². The van der Waals surface area contributed by atoms with Crippen molar-refractivity contribution in [3.05, 3.63) is 52.6 Å². The standard InChI is InChI=1S/C19H22F2N4O3/c1-24-16-8-25(7-15(16)23-18(24)19(26)27-2)11-6-14(22)17(28-9-11)12-5-10(20)3-4-13(12)21/h3-5,11,14,17H,6-9,22H2,1-2H3/t11-,14+,17-/m1/s1. The summed E-state index contributed by atoms with van der Waals surface area (Å²) in [5, 5.41) is 0. The zero-order chi connectivity index (χ0) is 20.0. The van der Waals surface area contributed by atoms with E-state index < -0.39 is 29.7 Å². The molecule has 2 aliphatic heterocycles. The zero-order valence-corrected chi connectivity index (χ0v) is 15.7. The van der Waals surface area contributed by atoms with Crippen LogP contribution in [0.15, 0.2) is 18.2 Å². The molecular formula is C19H22F2N4O3. The molecule has 2 N–H and O–H groups in total. The normalized spacial score (nSPS) is 25.0. The second kappa shape index (κ2) is 7.23. The highest BCUT2D eigenvalue weighted by molar-refractivity contribution is 5.85. The topological polar surface area (TPSA) is 82.6 Å². The van der Waals surface area contributed by atoms with E-state index in [0.717, 1.165) is 29.6 Å². The molecule has 28 heavy (non-hydrogen) atoms. The number of hydrogen-bond acceptors (Lipinski definition) is 6. The van der Waals surface area contributed by atoms with E-state index in [-0.39, 0.29) is 17.4 Å². The van der Waals surface area contributed by atoms with Crippen LogP contribution in [0.25, 0.3) is 0 Å². The number of carbonyl (C=O) groups is 1. The van der Waals surface area contributed by atoms with Gasteiger partial charge in [-0.05, 0) is 24.6 Å². The summed E-state index contributed by atoms with van der Waals surface area (Å²) in [6, 6.07) is 2.88. The number of rotatable bonds is 3. The minimum atomic E-state index is -0.680. The van der Waals surface area contributed by atoms with Crippen LogP contribution in [0, 0.1) is 11.6 Å². The first-order chi connectivity index (χ1) is 13.4. The first-order valence-corrected chi connectivity index (χ1v) is 9.08. The van der Waals surface area contributed by atoms with E-state index in [9.17, 15) is 13.6 Å². The second-order valence-corrected chi connectivity index (χ2v) is 7.26. The monoisotopic (exact) mass is 392 g/mol. The largest absolute Gasteiger partial charge is 0.463 e. The Morgan fingerprint density at radius 3 is 2.82 bits per heavy atom. The van der Waals surface area contributed by atoms with Gasteiger partial charge in [0.2, 0.25) is 5.82 Å². The molecule has 1 saturated heterocycles. The van der Waals surface area contributed by atoms with Crippen LogP contribution >= 0.6 is 0 Å². The van der Waals surface area contributed by atoms with Crippen LogP contribution in [0.2, 0.25) is 0 Å². The van der Waals surface area contributed by atoms with Crippen LogP contribution in [0.1, 0.15) is 40.1 Å². The van der Waals surface area contributed by atoms with Crippen molar-refractivity contribution in [2.24, 2.45) is 12.8 Å². The summed E-state index contributed by atoms with van der Waals surface area (Å²) >= 11 is 0. The fourth-order valence-electron chi connectivity index (χ4n) is 4.04. The van der Waals surface area contributed by atoms with Crippen LogP contribution in [0.3, 0.4) is 0 Å². The van der Waals surface area contributed by atoms with Gasteiger partial charge in [0.05, 0.1) is 25.1 Å². The summed E-state index contributed by atoms with van der Waals surface area (Å²) in [7, 11) is 3.11. The van der Waals surface area contributed by atoms with Gasteiger partial charge in [0.15, 0.2) is 0 Å². The molecule has 3 atom stereocenters. The van der Waals surface area contributed by atoms with Gasteiger partial charge in [-0.25, -0.2) is 18.6 Å². The van der Waals surface area contributed by atoms with Crippen LogP contribution in [0.5, 0.6) is 0 Å². The first kappa shape index (κ1) is 19.0. The average Bonchev–Trinajstić information content (AvgIpc) is 3.23. The van der Waals surface area contributed by atoms with Crippen molar-refractivity contribution in [3.8, 4) is 0 Å². The Balaban J connectivity index is 1.45. The Morgan fingerprint density at radius 1 is 1.36 bits per heavy atom. The predicted molar refractivity (Wildman–Crippen MR) is 95.2 cm³/mol. The van der Waals surface area contributed by atoms with Crippen molar-refractivity contribution in [1.82, 2.24) is 14.5 Å². The number of imidazole rings is 1. The molecule has 0 spiro atoms. The molecule has 0 unspecified atom stereocenters. The molecule has 2 aliphatic rings. The van der Waals surface area contributed by atoms with Crippen molar-refractivity contribution >= 4 is 5.97 Å². The number of fused-ring (bicyclic) bond motifs is 1. The molecule has 0 radical (unpaired) electrons. The van der Waals surface area contributed by atoms with E-state index in [1.807, 2.05) is 0 Å². The fourth-order valence-corrected chi connectivity index (χ4v) is 4.04. The lowest BCUT2D eigenvalue weighted by molar-refractivity contribution is -0.0535. The van der Waals surface area contributed by atoms with Crippen molar-refractivity contribution in [3.63, 3.8) is 0 Å². The number of ether oxygens (including phenoxy) is 2. The molecule has 150 valence electrons. The number of esters is 1. The van der Waals surface area contributed by atoms with Gasteiger partial charge in [0.25, 0.3) is 0 Å². The van der Waals surface area contributed by atoms with Gasteiger partial charge in [-0.1, -0.05) is 0 Å². The highest BCUT2D eigenvalue weighted by Crippen LogP contribution is 2.34. The lowest BCUT2D eigenvalue weighted by Crippen LogP contribution is -2.48. The SMILES string of the molecule is COC(=O)c1nc2c(n1C)CN([C@H]1CO[C@H](c3cc(F)ccc3F)[C@@H](N)C1)C2. The molecule has 0 bridgehead atoms. The first-order valence-electron chi connectivity index (χ1n) is 9.08. The minimum Gasteiger partial charge on any atom is -0.463 e. The van der Waals surface area contributed by atoms with Crippen molar-refractivity contribution in [2.45, 2.75) is 37.7 Å². The second-order valence-electron chi connectivity index (χ2n) is 7.26. The summed E-state index contributed by atoms with van der Waals surface area (Å²) in [4.78, 5) is 18.3. The summed E-state index contributed by atoms with van der Waals surface area (Å²) in [5.74, 6) is -1.22. The lowest BCUT2D eigenvalue weighted by atomic mass is 9.93. The maximum Gasteiger partial charge on any atom is 0.374 e. The number of nitrogens with zero attached hydrogens (tertiary/aromatic N) is 3. The maximum absolute atomic E-state index is 14.1. The molecule has 4 rings (SSSR count). The van der Waals surface area contributed by atoms with Gasteiger partial charge in [0, 0.05) is 37.8 Å². The Bertz CT molecular complexity index is 917. The number of methoxy groups -OCH3 is 1. The number of hydrogen-bond donors (Lipinski definition) is 1. The molecule has 0 saturated carbocycles. The molecule has 1 aromatic heterocycles. The van der Waals surface area contributed by atoms with Crippen molar-refractivity contribution in [2.75, 3.05) is 13.7 Å². The highest BCUT2D eigenvalue weighted by atomic mass is 19.1. The number of benzene rings is 1. The molecule has 9 heteroatoms. The number of halogens is 2. The van der Waals surface area contributed by atoms with Gasteiger partial charge in [-0.3, -0.25) is 4.90 Å². The molecule has 1 aromatic carbocycles. The van der Waals surface area contributed by atoms with E-state index in [4.69, 9.17) is 15.2 Å². The van der Waals surface area contributed by atoms with Crippen LogP contribution < -0.4 is 5.73 Å². The lowest BCUT2D eigenvalue weighted by Gasteiger charge is -2.38. The Hall–Kier alpha value is -2.36. The van der Waals surface area contributed by atoms with E-state index in [2.05, 4.69) is 9.88 Å². The molecule has 3 heterocycles. The molecule has 0 aliphatic carbocycles. The van der Waals surface area contributed by atoms with Crippen LogP contribution in [0.4, 0.5) is 8.78 Å². The number of nitrogens with two attached hydrogens (primary N) is 1. The van der Waals surface area contributed by atoms with Crippen LogP contribution in [-0.4, -0.2) is 46.2 Å². The zero-order valence-electron chi connectivity index (χ0n) is 15.7. The summed E-state index contributed by atoms with van der Waals surface area (Å²) in [6.07, 6.45) is -0.0978. The van der Waals surface area contributed by atoms with E-state index in [0.29, 0.717) is 26.1 Å². The van der Waals surface area contributed by atoms with Crippen molar-refractivity contribution in [1.29, 1.82) is 0 Å². The fraction of sp³-hybridized carbons (Fsp3) is 0.474. The molecule has 1 fully saturated rings. The Labute approximate surface area is 161 Å². The van der Waals surface area contributed by atoms with E-state index >= 15 is 0 Å². The smallest absolute Gasteiger partial charge is 0.374 e. The maximum atomic E-state index is 14.1. The minimum absolute atomic E-state index is 0.0265. The molecular weight excluding hydrogens is 370 g/mol. The van der Waals surface area contributed by atoms with E-state index in [1.54, 1.807) is 11.6 Å². The Morgan fingerprint density at radius 2 is 2.14 bits per heavy atom. The third-order valence-corrected chi connectivity index (χ3v) is 5.55. The summed E-state index contributed by atoms with van der Waals surface area (Å²) in [6.45, 7) is 1.53. The third kappa shape index (κ3) is 3.19. The molecule has 2 aromatic rings. The summed E-state index contributed by atoms with van der Waals surface area (Å²) < 4.78 is 39.9.